The van der Waals surface area contributed by atoms with Gasteiger partial charge in [0.1, 0.15) is 23.2 Å². The van der Waals surface area contributed by atoms with E-state index in [1.807, 2.05) is 18.2 Å². The Morgan fingerprint density at radius 2 is 2.10 bits per heavy atom. The minimum absolute atomic E-state index is 0.503. The number of benzene rings is 1. The molecule has 3 N–H and O–H groups in total. The molecule has 0 amide bonds. The van der Waals surface area contributed by atoms with Crippen molar-refractivity contribution in [1.29, 1.82) is 0 Å². The van der Waals surface area contributed by atoms with Crippen molar-refractivity contribution in [3.8, 4) is 5.75 Å². The molecule has 0 spiro atoms. The fourth-order valence-corrected chi connectivity index (χ4v) is 2.33. The first kappa shape index (κ1) is 13.7. The molecular weight excluding hydrogens is 264 g/mol. The van der Waals surface area contributed by atoms with E-state index < -0.39 is 0 Å². The van der Waals surface area contributed by atoms with Crippen LogP contribution in [0.2, 0.25) is 0 Å². The van der Waals surface area contributed by atoms with E-state index in [1.54, 1.807) is 13.2 Å². The highest BCUT2D eigenvalue weighted by molar-refractivity contribution is 5.45. The first-order valence-corrected chi connectivity index (χ1v) is 7.26. The summed E-state index contributed by atoms with van der Waals surface area (Å²) in [4.78, 5) is 8.83. The van der Waals surface area contributed by atoms with Gasteiger partial charge in [-0.3, -0.25) is 0 Å². The maximum absolute atomic E-state index is 5.84. The minimum atomic E-state index is 0.503. The summed E-state index contributed by atoms with van der Waals surface area (Å²) in [5, 5.41) is 3.32. The lowest BCUT2D eigenvalue weighted by Crippen LogP contribution is -2.09. The standard InChI is InChI=1S/C16H20N4O/c1-21-13-5-3-2-4-11(13)8-9-18-15-10-14(17)19-16(20-15)12-6-7-12/h2-5,10,12H,6-9H2,1H3,(H3,17,18,19,20). The van der Waals surface area contributed by atoms with E-state index in [4.69, 9.17) is 10.5 Å². The Morgan fingerprint density at radius 1 is 1.29 bits per heavy atom. The number of para-hydroxylation sites is 1. The zero-order valence-corrected chi connectivity index (χ0v) is 12.2. The summed E-state index contributed by atoms with van der Waals surface area (Å²) in [5.74, 6) is 3.63. The van der Waals surface area contributed by atoms with Crippen molar-refractivity contribution in [2.24, 2.45) is 0 Å². The van der Waals surface area contributed by atoms with E-state index in [9.17, 15) is 0 Å². The molecule has 1 aliphatic carbocycles. The Labute approximate surface area is 124 Å². The van der Waals surface area contributed by atoms with Crippen molar-refractivity contribution in [3.05, 3.63) is 41.7 Å². The number of nitrogens with one attached hydrogen (secondary N) is 1. The summed E-state index contributed by atoms with van der Waals surface area (Å²) in [6.45, 7) is 0.779. The molecule has 5 heteroatoms. The SMILES string of the molecule is COc1ccccc1CCNc1cc(N)nc(C2CC2)n1. The van der Waals surface area contributed by atoms with Gasteiger partial charge in [0.05, 0.1) is 7.11 Å². The van der Waals surface area contributed by atoms with Gasteiger partial charge in [0.25, 0.3) is 0 Å². The van der Waals surface area contributed by atoms with Crippen LogP contribution in [0.3, 0.4) is 0 Å². The van der Waals surface area contributed by atoms with Crippen LogP contribution in [0, 0.1) is 0 Å². The van der Waals surface area contributed by atoms with Gasteiger partial charge in [-0.05, 0) is 30.9 Å². The zero-order valence-electron chi connectivity index (χ0n) is 12.2. The second kappa shape index (κ2) is 5.99. The molecule has 1 aromatic carbocycles. The van der Waals surface area contributed by atoms with Gasteiger partial charge in [-0.2, -0.15) is 0 Å². The molecule has 1 aliphatic rings. The molecule has 1 heterocycles. The van der Waals surface area contributed by atoms with E-state index in [1.165, 1.54) is 18.4 Å². The third kappa shape index (κ3) is 3.42. The number of nitrogens with zero attached hydrogens (tertiary/aromatic N) is 2. The fourth-order valence-electron chi connectivity index (χ4n) is 2.33. The number of methoxy groups -OCH3 is 1. The molecule has 1 aromatic heterocycles. The van der Waals surface area contributed by atoms with Crippen LogP contribution in [0.1, 0.15) is 30.1 Å². The molecular formula is C16H20N4O. The summed E-state index contributed by atoms with van der Waals surface area (Å²) in [7, 11) is 1.69. The maximum atomic E-state index is 5.84. The van der Waals surface area contributed by atoms with Crippen molar-refractivity contribution < 1.29 is 4.74 Å². The molecule has 110 valence electrons. The molecule has 1 fully saturated rings. The monoisotopic (exact) mass is 284 g/mol. The largest absolute Gasteiger partial charge is 0.496 e. The van der Waals surface area contributed by atoms with E-state index in [0.717, 1.165) is 30.4 Å². The fraction of sp³-hybridized carbons (Fsp3) is 0.375. The minimum Gasteiger partial charge on any atom is -0.496 e. The number of aromatic nitrogens is 2. The molecule has 3 rings (SSSR count). The number of hydrogen-bond donors (Lipinski definition) is 2. The highest BCUT2D eigenvalue weighted by Gasteiger charge is 2.27. The molecule has 1 saturated carbocycles. The van der Waals surface area contributed by atoms with Gasteiger partial charge in [0.15, 0.2) is 0 Å². The van der Waals surface area contributed by atoms with Gasteiger partial charge in [0.2, 0.25) is 0 Å². The summed E-state index contributed by atoms with van der Waals surface area (Å²) >= 11 is 0. The highest BCUT2D eigenvalue weighted by Crippen LogP contribution is 2.38. The molecule has 5 nitrogen and oxygen atoms in total. The molecule has 0 aliphatic heterocycles. The van der Waals surface area contributed by atoms with Crippen molar-refractivity contribution >= 4 is 11.6 Å². The van der Waals surface area contributed by atoms with E-state index in [-0.39, 0.29) is 0 Å². The quantitative estimate of drug-likeness (QED) is 0.853. The maximum Gasteiger partial charge on any atom is 0.136 e. The molecule has 0 saturated heterocycles. The van der Waals surface area contributed by atoms with Crippen LogP contribution in [-0.4, -0.2) is 23.6 Å². The van der Waals surface area contributed by atoms with Crippen LogP contribution < -0.4 is 15.8 Å². The van der Waals surface area contributed by atoms with E-state index in [2.05, 4.69) is 21.4 Å². The van der Waals surface area contributed by atoms with Crippen LogP contribution in [0.15, 0.2) is 30.3 Å². The summed E-state index contributed by atoms with van der Waals surface area (Å²) in [6.07, 6.45) is 3.21. The average molecular weight is 284 g/mol. The second-order valence-corrected chi connectivity index (χ2v) is 5.30. The third-order valence-corrected chi connectivity index (χ3v) is 3.60. The number of ether oxygens (including phenoxy) is 1. The van der Waals surface area contributed by atoms with Crippen LogP contribution in [0.4, 0.5) is 11.6 Å². The van der Waals surface area contributed by atoms with Crippen molar-refractivity contribution in [3.63, 3.8) is 0 Å². The molecule has 21 heavy (non-hydrogen) atoms. The van der Waals surface area contributed by atoms with Gasteiger partial charge in [-0.1, -0.05) is 18.2 Å². The van der Waals surface area contributed by atoms with Crippen molar-refractivity contribution in [2.75, 3.05) is 24.7 Å². The van der Waals surface area contributed by atoms with Gasteiger partial charge in [-0.25, -0.2) is 9.97 Å². The Balaban J connectivity index is 1.62. The highest BCUT2D eigenvalue weighted by atomic mass is 16.5. The first-order chi connectivity index (χ1) is 10.3. The predicted octanol–water partition coefficient (Wildman–Crippen LogP) is 2.60. The van der Waals surface area contributed by atoms with Gasteiger partial charge >= 0.3 is 0 Å². The van der Waals surface area contributed by atoms with Gasteiger partial charge in [-0.15, -0.1) is 0 Å². The molecule has 2 aromatic rings. The third-order valence-electron chi connectivity index (χ3n) is 3.60. The van der Waals surface area contributed by atoms with Crippen LogP contribution in [-0.2, 0) is 6.42 Å². The summed E-state index contributed by atoms with van der Waals surface area (Å²) in [6, 6.07) is 9.83. The lowest BCUT2D eigenvalue weighted by atomic mass is 10.1. The van der Waals surface area contributed by atoms with Crippen LogP contribution in [0.5, 0.6) is 5.75 Å². The Hall–Kier alpha value is -2.30. The average Bonchev–Trinajstić information content (AvgIpc) is 3.32. The number of anilines is 2. The first-order valence-electron chi connectivity index (χ1n) is 7.26. The molecule has 0 atom stereocenters. The predicted molar refractivity (Wildman–Crippen MR) is 83.6 cm³/mol. The zero-order chi connectivity index (χ0) is 14.7. The van der Waals surface area contributed by atoms with Crippen molar-refractivity contribution in [2.45, 2.75) is 25.2 Å². The summed E-state index contributed by atoms with van der Waals surface area (Å²) in [5.41, 5.74) is 7.02. The molecule has 0 bridgehead atoms. The van der Waals surface area contributed by atoms with E-state index in [0.29, 0.717) is 11.7 Å². The second-order valence-electron chi connectivity index (χ2n) is 5.30. The number of nitrogen functional groups attached to an aromatic ring is 1. The van der Waals surface area contributed by atoms with Gasteiger partial charge < -0.3 is 15.8 Å². The Morgan fingerprint density at radius 3 is 2.86 bits per heavy atom. The Bertz CT molecular complexity index is 625. The normalized spacial score (nSPS) is 14.0. The van der Waals surface area contributed by atoms with E-state index >= 15 is 0 Å². The number of rotatable bonds is 6. The van der Waals surface area contributed by atoms with Crippen LogP contribution in [0.25, 0.3) is 0 Å². The van der Waals surface area contributed by atoms with Gasteiger partial charge in [0, 0.05) is 18.5 Å². The lowest BCUT2D eigenvalue weighted by Gasteiger charge is -2.10. The smallest absolute Gasteiger partial charge is 0.136 e. The topological polar surface area (TPSA) is 73.1 Å². The number of nitrogens with two attached hydrogens (primary N) is 1. The van der Waals surface area contributed by atoms with Crippen molar-refractivity contribution in [1.82, 2.24) is 9.97 Å². The molecule has 0 unspecified atom stereocenters. The Kier molecular flexibility index (Phi) is 3.90. The summed E-state index contributed by atoms with van der Waals surface area (Å²) < 4.78 is 5.35. The number of hydrogen-bond acceptors (Lipinski definition) is 5. The van der Waals surface area contributed by atoms with Crippen LogP contribution >= 0.6 is 0 Å². The molecule has 0 radical (unpaired) electrons. The lowest BCUT2D eigenvalue weighted by molar-refractivity contribution is 0.410.